The van der Waals surface area contributed by atoms with Gasteiger partial charge >= 0.3 is 0 Å². The van der Waals surface area contributed by atoms with Gasteiger partial charge in [-0.05, 0) is 50.6 Å². The van der Waals surface area contributed by atoms with E-state index in [1.165, 1.54) is 0 Å². The molecule has 0 radical (unpaired) electrons. The average Bonchev–Trinajstić information content (AvgIpc) is 2.45. The lowest BCUT2D eigenvalue weighted by Crippen LogP contribution is -2.24. The molecule has 21 heavy (non-hydrogen) atoms. The lowest BCUT2D eigenvalue weighted by atomic mass is 10.1. The molecule has 1 unspecified atom stereocenters. The summed E-state index contributed by atoms with van der Waals surface area (Å²) in [6.07, 6.45) is 3.86. The Kier molecular flexibility index (Phi) is 5.28. The highest BCUT2D eigenvalue weighted by Crippen LogP contribution is 2.23. The minimum Gasteiger partial charge on any atom is -0.491 e. The Balaban J connectivity index is 2.31. The van der Waals surface area contributed by atoms with Crippen molar-refractivity contribution in [2.45, 2.75) is 39.8 Å². The molecule has 1 atom stereocenters. The van der Waals surface area contributed by atoms with Crippen molar-refractivity contribution >= 4 is 0 Å². The molecule has 0 aliphatic heterocycles. The van der Waals surface area contributed by atoms with Crippen LogP contribution >= 0.6 is 0 Å². The molecule has 0 saturated carbocycles. The maximum Gasteiger partial charge on any atom is 0.149 e. The first kappa shape index (κ1) is 15.4. The van der Waals surface area contributed by atoms with Gasteiger partial charge in [0.2, 0.25) is 0 Å². The molecule has 0 amide bonds. The fraction of sp³-hybridized carbons (Fsp3) is 0.412. The van der Waals surface area contributed by atoms with Gasteiger partial charge in [-0.1, -0.05) is 19.1 Å². The lowest BCUT2D eigenvalue weighted by molar-refractivity contribution is 0.242. The van der Waals surface area contributed by atoms with Crippen molar-refractivity contribution in [1.29, 1.82) is 0 Å². The molecule has 112 valence electrons. The van der Waals surface area contributed by atoms with Gasteiger partial charge in [0.25, 0.3) is 0 Å². The number of hydrogen-bond acceptors (Lipinski definition) is 4. The lowest BCUT2D eigenvalue weighted by Gasteiger charge is -2.18. The largest absolute Gasteiger partial charge is 0.491 e. The molecule has 0 saturated heterocycles. The number of nitrogens with one attached hydrogen (secondary N) is 1. The molecule has 0 aliphatic carbocycles. The van der Waals surface area contributed by atoms with E-state index in [2.05, 4.69) is 34.3 Å². The molecule has 4 nitrogen and oxygen atoms in total. The monoisotopic (exact) mass is 285 g/mol. The van der Waals surface area contributed by atoms with E-state index >= 15 is 0 Å². The molecule has 1 heterocycles. The summed E-state index contributed by atoms with van der Waals surface area (Å²) < 4.78 is 5.77. The number of aromatic nitrogens is 2. The van der Waals surface area contributed by atoms with Crippen molar-refractivity contribution in [1.82, 2.24) is 15.3 Å². The van der Waals surface area contributed by atoms with Crippen LogP contribution in [0.5, 0.6) is 5.75 Å². The van der Waals surface area contributed by atoms with Crippen molar-refractivity contribution in [3.8, 4) is 5.75 Å². The zero-order chi connectivity index (χ0) is 15.2. The van der Waals surface area contributed by atoms with Crippen LogP contribution in [0.4, 0.5) is 0 Å². The van der Waals surface area contributed by atoms with E-state index in [0.717, 1.165) is 29.2 Å². The predicted molar refractivity (Wildman–Crippen MR) is 84.5 cm³/mol. The predicted octanol–water partition coefficient (Wildman–Crippen LogP) is 3.27. The summed E-state index contributed by atoms with van der Waals surface area (Å²) in [5.41, 5.74) is 2.17. The van der Waals surface area contributed by atoms with Gasteiger partial charge < -0.3 is 10.1 Å². The third-order valence-corrected chi connectivity index (χ3v) is 3.03. The summed E-state index contributed by atoms with van der Waals surface area (Å²) in [5, 5.41) is 3.43. The number of ether oxygens (including phenoxy) is 1. The third kappa shape index (κ3) is 4.26. The molecule has 1 aromatic carbocycles. The summed E-state index contributed by atoms with van der Waals surface area (Å²) >= 11 is 0. The molecule has 0 aliphatic rings. The maximum atomic E-state index is 5.77. The minimum atomic E-state index is -0.0219. The first-order valence-corrected chi connectivity index (χ1v) is 7.38. The number of nitrogens with zero attached hydrogens (tertiary/aromatic N) is 2. The van der Waals surface area contributed by atoms with Crippen LogP contribution in [0.3, 0.4) is 0 Å². The van der Waals surface area contributed by atoms with Crippen LogP contribution in [0.15, 0.2) is 36.7 Å². The van der Waals surface area contributed by atoms with Crippen LogP contribution < -0.4 is 10.1 Å². The normalized spacial score (nSPS) is 12.4. The van der Waals surface area contributed by atoms with E-state index in [0.29, 0.717) is 0 Å². The molecule has 2 rings (SSSR count). The first-order valence-electron chi connectivity index (χ1n) is 7.38. The highest BCUT2D eigenvalue weighted by atomic mass is 16.5. The van der Waals surface area contributed by atoms with Gasteiger partial charge in [0.05, 0.1) is 12.1 Å². The van der Waals surface area contributed by atoms with Crippen LogP contribution in [0.2, 0.25) is 0 Å². The molecule has 1 N–H and O–H groups in total. The number of benzene rings is 1. The van der Waals surface area contributed by atoms with E-state index in [9.17, 15) is 0 Å². The average molecular weight is 285 g/mol. The van der Waals surface area contributed by atoms with Gasteiger partial charge in [-0.25, -0.2) is 9.97 Å². The highest BCUT2D eigenvalue weighted by molar-refractivity contribution is 5.33. The molecule has 4 heteroatoms. The Hall–Kier alpha value is -1.94. The van der Waals surface area contributed by atoms with Gasteiger partial charge in [-0.15, -0.1) is 0 Å². The Labute approximate surface area is 126 Å². The van der Waals surface area contributed by atoms with Crippen molar-refractivity contribution in [2.75, 3.05) is 6.54 Å². The van der Waals surface area contributed by atoms with Gasteiger partial charge in [-0.3, -0.25) is 0 Å². The highest BCUT2D eigenvalue weighted by Gasteiger charge is 2.16. The molecular weight excluding hydrogens is 262 g/mol. The maximum absolute atomic E-state index is 5.77. The fourth-order valence-corrected chi connectivity index (χ4v) is 2.15. The van der Waals surface area contributed by atoms with E-state index in [1.807, 2.05) is 45.3 Å². The molecule has 0 fully saturated rings. The van der Waals surface area contributed by atoms with E-state index in [-0.39, 0.29) is 12.1 Å². The Morgan fingerprint density at radius 2 is 1.90 bits per heavy atom. The number of aryl methyl sites for hydroxylation is 1. The van der Waals surface area contributed by atoms with Crippen molar-refractivity contribution in [3.63, 3.8) is 0 Å². The zero-order valence-corrected chi connectivity index (χ0v) is 13.1. The summed E-state index contributed by atoms with van der Waals surface area (Å²) in [6, 6.07) is 8.08. The second-order valence-electron chi connectivity index (χ2n) is 5.35. The summed E-state index contributed by atoms with van der Waals surface area (Å²) in [5.74, 6) is 1.65. The second-order valence-corrected chi connectivity index (χ2v) is 5.35. The topological polar surface area (TPSA) is 47.0 Å². The molecule has 1 aromatic heterocycles. The standard InChI is InChI=1S/C17H23N3O/c1-5-18-16(17-19-10-13(4)11-20-17)14-7-6-8-15(9-14)21-12(2)3/h6-12,16,18H,5H2,1-4H3. The molecule has 0 spiro atoms. The second kappa shape index (κ2) is 7.18. The van der Waals surface area contributed by atoms with Crippen LogP contribution in [-0.2, 0) is 0 Å². The van der Waals surface area contributed by atoms with Crippen LogP contribution in [-0.4, -0.2) is 22.6 Å². The van der Waals surface area contributed by atoms with Gasteiger partial charge in [0, 0.05) is 12.4 Å². The van der Waals surface area contributed by atoms with E-state index in [1.54, 1.807) is 0 Å². The van der Waals surface area contributed by atoms with Gasteiger partial charge in [0.1, 0.15) is 11.6 Å². The van der Waals surface area contributed by atoms with Crippen LogP contribution in [0.25, 0.3) is 0 Å². The first-order chi connectivity index (χ1) is 10.1. The summed E-state index contributed by atoms with van der Waals surface area (Å²) in [7, 11) is 0. The Morgan fingerprint density at radius 1 is 1.19 bits per heavy atom. The Bertz CT molecular complexity index is 567. The number of hydrogen-bond donors (Lipinski definition) is 1. The fourth-order valence-electron chi connectivity index (χ4n) is 2.15. The SMILES string of the molecule is CCNC(c1cccc(OC(C)C)c1)c1ncc(C)cn1. The minimum absolute atomic E-state index is 0.0219. The quantitative estimate of drug-likeness (QED) is 0.885. The zero-order valence-electron chi connectivity index (χ0n) is 13.1. The third-order valence-electron chi connectivity index (χ3n) is 3.03. The molecule has 0 bridgehead atoms. The summed E-state index contributed by atoms with van der Waals surface area (Å²) in [4.78, 5) is 8.90. The molecular formula is C17H23N3O. The van der Waals surface area contributed by atoms with Crippen molar-refractivity contribution in [3.05, 3.63) is 53.6 Å². The summed E-state index contributed by atoms with van der Waals surface area (Å²) in [6.45, 7) is 8.96. The smallest absolute Gasteiger partial charge is 0.149 e. The van der Waals surface area contributed by atoms with Crippen LogP contribution in [0.1, 0.15) is 43.8 Å². The number of rotatable bonds is 6. The Morgan fingerprint density at radius 3 is 2.52 bits per heavy atom. The van der Waals surface area contributed by atoms with E-state index in [4.69, 9.17) is 4.74 Å². The van der Waals surface area contributed by atoms with E-state index < -0.39 is 0 Å². The van der Waals surface area contributed by atoms with Gasteiger partial charge in [0.15, 0.2) is 0 Å². The van der Waals surface area contributed by atoms with Crippen molar-refractivity contribution in [2.24, 2.45) is 0 Å². The van der Waals surface area contributed by atoms with Gasteiger partial charge in [-0.2, -0.15) is 0 Å². The molecule has 2 aromatic rings. The van der Waals surface area contributed by atoms with Crippen LogP contribution in [0, 0.1) is 6.92 Å². The van der Waals surface area contributed by atoms with Crippen molar-refractivity contribution < 1.29 is 4.74 Å².